The van der Waals surface area contributed by atoms with E-state index in [0.717, 1.165) is 26.6 Å². The topological polar surface area (TPSA) is 44.8 Å². The standard InChI is InChI=1S/C15H12I2O4S2/c1-10-13(20-22-16)7-14(21-23-17)12(8-18)15(10)19-9-11-5-3-2-4-6-11/h2-8H,9H2,1H3. The number of halogens is 2. The third-order valence-corrected chi connectivity index (χ3v) is 4.63. The fourth-order valence-electron chi connectivity index (χ4n) is 1.98. The van der Waals surface area contributed by atoms with Crippen LogP contribution in [0.5, 0.6) is 17.2 Å². The Balaban J connectivity index is 2.39. The van der Waals surface area contributed by atoms with E-state index in [0.29, 0.717) is 29.4 Å². The molecule has 0 spiro atoms. The average Bonchev–Trinajstić information content (AvgIpc) is 2.57. The van der Waals surface area contributed by atoms with E-state index in [1.807, 2.05) is 79.7 Å². The van der Waals surface area contributed by atoms with Crippen molar-refractivity contribution in [3.05, 3.63) is 53.1 Å². The number of hydrogen-bond acceptors (Lipinski definition) is 6. The molecule has 0 aliphatic rings. The quantitative estimate of drug-likeness (QED) is 0.215. The van der Waals surface area contributed by atoms with Gasteiger partial charge in [-0.25, -0.2) is 0 Å². The molecule has 0 unspecified atom stereocenters. The molecule has 122 valence electrons. The summed E-state index contributed by atoms with van der Waals surface area (Å²) in [5.41, 5.74) is 2.16. The number of ether oxygens (including phenoxy) is 1. The van der Waals surface area contributed by atoms with Gasteiger partial charge < -0.3 is 13.1 Å². The molecule has 0 amide bonds. The Morgan fingerprint density at radius 1 is 1.09 bits per heavy atom. The summed E-state index contributed by atoms with van der Waals surface area (Å²) in [6.07, 6.45) is 0.747. The van der Waals surface area contributed by atoms with E-state index in [2.05, 4.69) is 0 Å². The fraction of sp³-hybridized carbons (Fsp3) is 0.133. The number of aldehydes is 1. The summed E-state index contributed by atoms with van der Waals surface area (Å²) in [7, 11) is 2.33. The minimum absolute atomic E-state index is 0.361. The summed E-state index contributed by atoms with van der Waals surface area (Å²) < 4.78 is 16.9. The Hall–Kier alpha value is -0.330. The number of carbonyl (C=O) groups is 1. The minimum Gasteiger partial charge on any atom is -0.488 e. The SMILES string of the molecule is Cc1c(OSI)cc(OSI)c(C=O)c1OCc1ccccc1. The largest absolute Gasteiger partial charge is 0.488 e. The van der Waals surface area contributed by atoms with E-state index in [1.165, 1.54) is 9.21 Å². The van der Waals surface area contributed by atoms with Crippen LogP contribution in [0.2, 0.25) is 0 Å². The van der Waals surface area contributed by atoms with E-state index in [-0.39, 0.29) is 0 Å². The van der Waals surface area contributed by atoms with Gasteiger partial charge >= 0.3 is 0 Å². The van der Waals surface area contributed by atoms with Crippen molar-refractivity contribution in [3.63, 3.8) is 0 Å². The molecule has 0 aliphatic heterocycles. The highest BCUT2D eigenvalue weighted by molar-refractivity contribution is 14.2. The molecule has 0 heterocycles. The molecule has 23 heavy (non-hydrogen) atoms. The van der Waals surface area contributed by atoms with Crippen LogP contribution in [0.4, 0.5) is 0 Å². The van der Waals surface area contributed by atoms with E-state index in [9.17, 15) is 4.79 Å². The van der Waals surface area contributed by atoms with Crippen molar-refractivity contribution in [2.45, 2.75) is 13.5 Å². The predicted octanol–water partition coefficient (Wildman–Crippen LogP) is 6.14. The van der Waals surface area contributed by atoms with Crippen molar-refractivity contribution < 1.29 is 17.9 Å². The summed E-state index contributed by atoms with van der Waals surface area (Å²) in [6.45, 7) is 2.22. The number of rotatable bonds is 8. The van der Waals surface area contributed by atoms with Gasteiger partial charge in [0, 0.05) is 54.0 Å². The molecule has 8 heteroatoms. The van der Waals surface area contributed by atoms with Crippen molar-refractivity contribution in [2.24, 2.45) is 0 Å². The first kappa shape index (κ1) is 19.0. The Morgan fingerprint density at radius 3 is 2.35 bits per heavy atom. The van der Waals surface area contributed by atoms with Crippen molar-refractivity contribution >= 4 is 67.1 Å². The van der Waals surface area contributed by atoms with Gasteiger partial charge in [0.1, 0.15) is 42.1 Å². The number of hydrogen-bond donors (Lipinski definition) is 0. The van der Waals surface area contributed by atoms with Crippen LogP contribution in [0, 0.1) is 6.92 Å². The Morgan fingerprint density at radius 2 is 1.74 bits per heavy atom. The summed E-state index contributed by atoms with van der Waals surface area (Å²) in [5, 5.41) is 0. The van der Waals surface area contributed by atoms with Crippen LogP contribution >= 0.6 is 60.8 Å². The van der Waals surface area contributed by atoms with Gasteiger partial charge in [0.25, 0.3) is 0 Å². The number of benzene rings is 2. The van der Waals surface area contributed by atoms with E-state index in [4.69, 9.17) is 13.1 Å². The lowest BCUT2D eigenvalue weighted by atomic mass is 10.1. The average molecular weight is 574 g/mol. The van der Waals surface area contributed by atoms with Gasteiger partial charge in [-0.05, 0) is 12.5 Å². The maximum absolute atomic E-state index is 11.5. The molecule has 0 atom stereocenters. The van der Waals surface area contributed by atoms with Crippen LogP contribution < -0.4 is 13.1 Å². The second-order valence-electron chi connectivity index (χ2n) is 4.43. The summed E-state index contributed by atoms with van der Waals surface area (Å²) in [4.78, 5) is 11.5. The zero-order valence-electron chi connectivity index (χ0n) is 12.0. The second-order valence-corrected chi connectivity index (χ2v) is 7.17. The zero-order chi connectivity index (χ0) is 16.7. The van der Waals surface area contributed by atoms with Crippen molar-refractivity contribution in [1.82, 2.24) is 0 Å². The fourth-order valence-corrected chi connectivity index (χ4v) is 3.59. The van der Waals surface area contributed by atoms with Gasteiger partial charge in [-0.15, -0.1) is 0 Å². The molecule has 2 aromatic carbocycles. The molecule has 0 N–H and O–H groups in total. The molecule has 0 aliphatic carbocycles. The molecular formula is C15H12I2O4S2. The predicted molar refractivity (Wildman–Crippen MR) is 112 cm³/mol. The maximum Gasteiger partial charge on any atom is 0.157 e. The lowest BCUT2D eigenvalue weighted by molar-refractivity contribution is 0.111. The highest BCUT2D eigenvalue weighted by Gasteiger charge is 2.19. The minimum atomic E-state index is 0.361. The lowest BCUT2D eigenvalue weighted by Gasteiger charge is -2.16. The first-order chi connectivity index (χ1) is 11.2. The monoisotopic (exact) mass is 574 g/mol. The molecule has 0 bridgehead atoms. The third kappa shape index (κ3) is 5.07. The molecular weight excluding hydrogens is 562 g/mol. The molecule has 0 fully saturated rings. The van der Waals surface area contributed by atoms with Crippen molar-refractivity contribution in [1.29, 1.82) is 0 Å². The molecule has 0 saturated carbocycles. The smallest absolute Gasteiger partial charge is 0.157 e. The van der Waals surface area contributed by atoms with Crippen molar-refractivity contribution in [3.8, 4) is 17.2 Å². The Kier molecular flexibility index (Phi) is 8.13. The Labute approximate surface area is 167 Å². The zero-order valence-corrected chi connectivity index (χ0v) is 17.9. The third-order valence-electron chi connectivity index (χ3n) is 3.07. The highest BCUT2D eigenvalue weighted by atomic mass is 127. The van der Waals surface area contributed by atoms with Gasteiger partial charge in [-0.1, -0.05) is 30.3 Å². The van der Waals surface area contributed by atoms with E-state index >= 15 is 0 Å². The molecule has 2 aromatic rings. The first-order valence-electron chi connectivity index (χ1n) is 6.41. The molecule has 0 radical (unpaired) electrons. The van der Waals surface area contributed by atoms with Crippen LogP contribution in [0.3, 0.4) is 0 Å². The number of carbonyl (C=O) groups excluding carboxylic acids is 1. The molecule has 4 nitrogen and oxygen atoms in total. The van der Waals surface area contributed by atoms with Crippen LogP contribution in [0.15, 0.2) is 36.4 Å². The molecule has 0 aromatic heterocycles. The summed E-state index contributed by atoms with van der Waals surface area (Å²) >= 11 is 4.04. The van der Waals surface area contributed by atoms with Crippen LogP contribution in [0.1, 0.15) is 21.5 Å². The van der Waals surface area contributed by atoms with Gasteiger partial charge in [0.2, 0.25) is 0 Å². The molecule has 0 saturated heterocycles. The van der Waals surface area contributed by atoms with Gasteiger partial charge in [-0.3, -0.25) is 4.79 Å². The lowest BCUT2D eigenvalue weighted by Crippen LogP contribution is -2.03. The summed E-state index contributed by atoms with van der Waals surface area (Å²) in [6, 6.07) is 11.5. The normalized spacial score (nSPS) is 10.2. The highest BCUT2D eigenvalue weighted by Crippen LogP contribution is 2.41. The first-order valence-corrected chi connectivity index (χ1v) is 13.0. The van der Waals surface area contributed by atoms with Gasteiger partial charge in [0.05, 0.1) is 0 Å². The van der Waals surface area contributed by atoms with Crippen LogP contribution in [0.25, 0.3) is 0 Å². The van der Waals surface area contributed by atoms with Gasteiger partial charge in [-0.2, -0.15) is 0 Å². The second kappa shape index (κ2) is 9.84. The van der Waals surface area contributed by atoms with Crippen molar-refractivity contribution in [2.75, 3.05) is 0 Å². The molecule has 2 rings (SSSR count). The summed E-state index contributed by atoms with van der Waals surface area (Å²) in [5.74, 6) is 1.51. The van der Waals surface area contributed by atoms with E-state index < -0.39 is 0 Å². The Bertz CT molecular complexity index is 668. The van der Waals surface area contributed by atoms with E-state index in [1.54, 1.807) is 6.07 Å². The van der Waals surface area contributed by atoms with Crippen LogP contribution in [-0.2, 0) is 6.61 Å². The van der Waals surface area contributed by atoms with Gasteiger partial charge in [0.15, 0.2) is 12.0 Å². The maximum atomic E-state index is 11.5. The van der Waals surface area contributed by atoms with Crippen LogP contribution in [-0.4, -0.2) is 6.29 Å².